The molecule has 0 atom stereocenters. The average molecular weight is 378 g/mol. The molecule has 1 aliphatic rings. The van der Waals surface area contributed by atoms with Gasteiger partial charge >= 0.3 is 6.18 Å². The average Bonchev–Trinajstić information content (AvgIpc) is 2.66. The maximum Gasteiger partial charge on any atom is 0.417 e. The summed E-state index contributed by atoms with van der Waals surface area (Å²) in [6.07, 6.45) is -1.19. The second-order valence-corrected chi connectivity index (χ2v) is 6.56. The Bertz CT molecular complexity index is 817. The predicted molar refractivity (Wildman–Crippen MR) is 95.4 cm³/mol. The first kappa shape index (κ1) is 19.1. The van der Waals surface area contributed by atoms with E-state index in [2.05, 4.69) is 20.2 Å². The topological polar surface area (TPSA) is 58.1 Å². The van der Waals surface area contributed by atoms with Gasteiger partial charge in [0.2, 0.25) is 0 Å². The van der Waals surface area contributed by atoms with Crippen molar-refractivity contribution in [1.29, 1.82) is 0 Å². The Morgan fingerprint density at radius 2 is 1.85 bits per heavy atom. The fourth-order valence-electron chi connectivity index (χ4n) is 3.16. The summed E-state index contributed by atoms with van der Waals surface area (Å²) in [7, 11) is 0. The molecule has 2 aromatic rings. The van der Waals surface area contributed by atoms with E-state index in [1.165, 1.54) is 18.6 Å². The summed E-state index contributed by atoms with van der Waals surface area (Å²) in [6, 6.07) is 6.60. The number of aryl methyl sites for hydroxylation is 1. The largest absolute Gasteiger partial charge is 0.417 e. The number of nitrogens with one attached hydrogen (secondary N) is 1. The third-order valence-corrected chi connectivity index (χ3v) is 4.45. The van der Waals surface area contributed by atoms with Crippen LogP contribution < -0.4 is 10.2 Å². The van der Waals surface area contributed by atoms with Crippen LogP contribution in [0.15, 0.2) is 30.3 Å². The quantitative estimate of drug-likeness (QED) is 0.881. The lowest BCUT2D eigenvalue weighted by Gasteiger charge is -2.28. The van der Waals surface area contributed by atoms with Crippen molar-refractivity contribution in [2.45, 2.75) is 38.9 Å². The van der Waals surface area contributed by atoms with E-state index in [1.54, 1.807) is 0 Å². The highest BCUT2D eigenvalue weighted by Crippen LogP contribution is 2.31. The Labute approximate surface area is 155 Å². The van der Waals surface area contributed by atoms with Crippen LogP contribution in [0, 0.1) is 6.92 Å². The van der Waals surface area contributed by atoms with Crippen LogP contribution in [0.2, 0.25) is 0 Å². The van der Waals surface area contributed by atoms with Crippen molar-refractivity contribution in [1.82, 2.24) is 15.3 Å². The summed E-state index contributed by atoms with van der Waals surface area (Å²) in [5.41, 5.74) is -0.610. The number of piperidine rings is 1. The molecule has 0 spiro atoms. The van der Waals surface area contributed by atoms with Gasteiger partial charge in [-0.3, -0.25) is 4.79 Å². The number of carbonyl (C=O) groups excluding carboxylic acids is 1. The van der Waals surface area contributed by atoms with Gasteiger partial charge in [-0.05, 0) is 38.3 Å². The molecule has 8 heteroatoms. The lowest BCUT2D eigenvalue weighted by atomic mass is 10.1. The predicted octanol–water partition coefficient (Wildman–Crippen LogP) is 3.72. The van der Waals surface area contributed by atoms with Crippen molar-refractivity contribution in [3.8, 4) is 0 Å². The number of amides is 1. The molecule has 1 aromatic carbocycles. The standard InChI is InChI=1S/C19H21F3N4O/c1-13-11-17(26-9-5-2-6-10-26)25-16(24-13)12-23-18(27)14-7-3-4-8-15(14)19(20,21)22/h3-4,7-8,11H,2,5-6,9-10,12H2,1H3,(H,23,27). The third-order valence-electron chi connectivity index (χ3n) is 4.45. The molecule has 0 saturated carbocycles. The second-order valence-electron chi connectivity index (χ2n) is 6.56. The molecule has 1 aliphatic heterocycles. The van der Waals surface area contributed by atoms with Gasteiger partial charge in [-0.2, -0.15) is 13.2 Å². The number of alkyl halides is 3. The normalized spacial score (nSPS) is 14.9. The van der Waals surface area contributed by atoms with Gasteiger partial charge in [0.1, 0.15) is 11.6 Å². The van der Waals surface area contributed by atoms with E-state index < -0.39 is 23.2 Å². The van der Waals surface area contributed by atoms with Crippen molar-refractivity contribution in [2.75, 3.05) is 18.0 Å². The number of rotatable bonds is 4. The molecule has 5 nitrogen and oxygen atoms in total. The maximum atomic E-state index is 13.1. The van der Waals surface area contributed by atoms with Crippen molar-refractivity contribution >= 4 is 11.7 Å². The summed E-state index contributed by atoms with van der Waals surface area (Å²) in [5.74, 6) is 0.378. The molecule has 1 N–H and O–H groups in total. The Kier molecular flexibility index (Phi) is 5.62. The smallest absolute Gasteiger partial charge is 0.357 e. The van der Waals surface area contributed by atoms with Crippen LogP contribution in [0.5, 0.6) is 0 Å². The Hall–Kier alpha value is -2.64. The zero-order valence-electron chi connectivity index (χ0n) is 15.0. The monoisotopic (exact) mass is 378 g/mol. The van der Waals surface area contributed by atoms with Gasteiger partial charge in [0.05, 0.1) is 17.7 Å². The lowest BCUT2D eigenvalue weighted by molar-refractivity contribution is -0.137. The molecule has 3 rings (SSSR count). The number of anilines is 1. The summed E-state index contributed by atoms with van der Waals surface area (Å²) < 4.78 is 39.2. The van der Waals surface area contributed by atoms with Crippen molar-refractivity contribution in [2.24, 2.45) is 0 Å². The summed E-state index contributed by atoms with van der Waals surface area (Å²) in [6.45, 7) is 3.63. The Morgan fingerprint density at radius 1 is 1.15 bits per heavy atom. The first-order valence-corrected chi connectivity index (χ1v) is 8.88. The lowest BCUT2D eigenvalue weighted by Crippen LogP contribution is -2.31. The highest BCUT2D eigenvalue weighted by atomic mass is 19.4. The number of benzene rings is 1. The molecule has 1 aromatic heterocycles. The maximum absolute atomic E-state index is 13.1. The van der Waals surface area contributed by atoms with Gasteiger partial charge in [0.25, 0.3) is 5.91 Å². The van der Waals surface area contributed by atoms with Gasteiger partial charge in [-0.25, -0.2) is 9.97 Å². The molecular formula is C19H21F3N4O. The SMILES string of the molecule is Cc1cc(N2CCCCC2)nc(CNC(=O)c2ccccc2C(F)(F)F)n1. The first-order chi connectivity index (χ1) is 12.8. The van der Waals surface area contributed by atoms with E-state index in [-0.39, 0.29) is 6.54 Å². The zero-order chi connectivity index (χ0) is 19.4. The van der Waals surface area contributed by atoms with Gasteiger partial charge < -0.3 is 10.2 Å². The van der Waals surface area contributed by atoms with E-state index in [9.17, 15) is 18.0 Å². The number of nitrogens with zero attached hydrogens (tertiary/aromatic N) is 3. The Morgan fingerprint density at radius 3 is 2.56 bits per heavy atom. The zero-order valence-corrected chi connectivity index (χ0v) is 15.0. The molecule has 0 radical (unpaired) electrons. The molecule has 27 heavy (non-hydrogen) atoms. The van der Waals surface area contributed by atoms with E-state index in [1.807, 2.05) is 13.0 Å². The van der Waals surface area contributed by atoms with Gasteiger partial charge in [-0.1, -0.05) is 12.1 Å². The summed E-state index contributed by atoms with van der Waals surface area (Å²) >= 11 is 0. The fourth-order valence-corrected chi connectivity index (χ4v) is 3.16. The van der Waals surface area contributed by atoms with Crippen LogP contribution in [0.4, 0.5) is 19.0 Å². The van der Waals surface area contributed by atoms with Crippen molar-refractivity contribution < 1.29 is 18.0 Å². The van der Waals surface area contributed by atoms with E-state index in [0.29, 0.717) is 5.82 Å². The van der Waals surface area contributed by atoms with E-state index in [0.717, 1.165) is 49.6 Å². The third kappa shape index (κ3) is 4.75. The molecule has 0 unspecified atom stereocenters. The van der Waals surface area contributed by atoms with Gasteiger partial charge in [0, 0.05) is 24.8 Å². The van der Waals surface area contributed by atoms with Crippen LogP contribution in [0.3, 0.4) is 0 Å². The van der Waals surface area contributed by atoms with Crippen LogP contribution in [0.25, 0.3) is 0 Å². The minimum Gasteiger partial charge on any atom is -0.357 e. The summed E-state index contributed by atoms with van der Waals surface area (Å²) in [4.78, 5) is 23.2. The molecule has 1 saturated heterocycles. The minimum atomic E-state index is -4.59. The molecule has 144 valence electrons. The van der Waals surface area contributed by atoms with E-state index in [4.69, 9.17) is 0 Å². The van der Waals surface area contributed by atoms with E-state index >= 15 is 0 Å². The van der Waals surface area contributed by atoms with Crippen LogP contribution >= 0.6 is 0 Å². The highest BCUT2D eigenvalue weighted by molar-refractivity contribution is 5.95. The molecule has 0 aliphatic carbocycles. The second kappa shape index (κ2) is 7.94. The number of aromatic nitrogens is 2. The Balaban J connectivity index is 1.73. The first-order valence-electron chi connectivity index (χ1n) is 8.88. The molecule has 1 amide bonds. The fraction of sp³-hybridized carbons (Fsp3) is 0.421. The number of hydrogen-bond acceptors (Lipinski definition) is 4. The molecule has 1 fully saturated rings. The number of hydrogen-bond donors (Lipinski definition) is 1. The number of carbonyl (C=O) groups is 1. The minimum absolute atomic E-state index is 0.0342. The highest BCUT2D eigenvalue weighted by Gasteiger charge is 2.34. The van der Waals surface area contributed by atoms with Crippen LogP contribution in [0.1, 0.15) is 46.7 Å². The van der Waals surface area contributed by atoms with Crippen molar-refractivity contribution in [3.63, 3.8) is 0 Å². The van der Waals surface area contributed by atoms with Crippen LogP contribution in [-0.2, 0) is 12.7 Å². The van der Waals surface area contributed by atoms with Crippen molar-refractivity contribution in [3.05, 3.63) is 53.0 Å². The molecular weight excluding hydrogens is 357 g/mol. The number of halogens is 3. The molecule has 2 heterocycles. The van der Waals surface area contributed by atoms with Gasteiger partial charge in [-0.15, -0.1) is 0 Å². The molecule has 0 bridgehead atoms. The van der Waals surface area contributed by atoms with Crippen LogP contribution in [-0.4, -0.2) is 29.0 Å². The summed E-state index contributed by atoms with van der Waals surface area (Å²) in [5, 5.41) is 2.50. The van der Waals surface area contributed by atoms with Gasteiger partial charge in [0.15, 0.2) is 0 Å².